The van der Waals surface area contributed by atoms with Gasteiger partial charge in [0.25, 0.3) is 5.91 Å². The molecule has 2 amide bonds. The zero-order chi connectivity index (χ0) is 22.4. The monoisotopic (exact) mass is 454 g/mol. The summed E-state index contributed by atoms with van der Waals surface area (Å²) in [4.78, 5) is 25.7. The van der Waals surface area contributed by atoms with Crippen LogP contribution in [0, 0.1) is 13.8 Å². The summed E-state index contributed by atoms with van der Waals surface area (Å²) in [6.45, 7) is 3.84. The van der Waals surface area contributed by atoms with Crippen molar-refractivity contribution < 1.29 is 14.3 Å². The number of hydrogen-bond donors (Lipinski definition) is 2. The number of thioether (sulfide) groups is 1. The first kappa shape index (κ1) is 22.7. The number of carbonyl (C=O) groups excluding carboxylic acids is 2. The van der Waals surface area contributed by atoms with Gasteiger partial charge < -0.3 is 15.4 Å². The van der Waals surface area contributed by atoms with Gasteiger partial charge in [-0.2, -0.15) is 0 Å². The normalized spacial score (nSPS) is 10.5. The Hall–Kier alpha value is -2.96. The number of benzene rings is 3. The zero-order valence-corrected chi connectivity index (χ0v) is 19.1. The molecule has 0 radical (unpaired) electrons. The summed E-state index contributed by atoms with van der Waals surface area (Å²) < 4.78 is 5.29. The molecule has 0 saturated carbocycles. The average molecular weight is 455 g/mol. The lowest BCUT2D eigenvalue weighted by atomic mass is 10.1. The molecular formula is C24H23ClN2O3S. The molecule has 0 heterocycles. The van der Waals surface area contributed by atoms with Gasteiger partial charge in [-0.15, -0.1) is 11.8 Å². The molecule has 0 atom stereocenters. The smallest absolute Gasteiger partial charge is 0.255 e. The molecule has 3 aromatic rings. The molecule has 0 fully saturated rings. The van der Waals surface area contributed by atoms with Gasteiger partial charge >= 0.3 is 0 Å². The number of halogens is 1. The molecule has 0 aliphatic carbocycles. The van der Waals surface area contributed by atoms with Crippen LogP contribution in [0.15, 0.2) is 65.6 Å². The minimum absolute atomic E-state index is 0.167. The van der Waals surface area contributed by atoms with E-state index in [0.29, 0.717) is 27.7 Å². The number of aryl methyl sites for hydroxylation is 2. The molecule has 0 spiro atoms. The molecule has 0 saturated heterocycles. The van der Waals surface area contributed by atoms with Crippen LogP contribution >= 0.6 is 23.4 Å². The Morgan fingerprint density at radius 2 is 1.74 bits per heavy atom. The number of methoxy groups -OCH3 is 1. The SMILES string of the molecule is COc1cc(Cl)c(C)cc1NC(=O)CSc1cccc(NC(=O)c2ccc(C)cc2)c1. The van der Waals surface area contributed by atoms with E-state index >= 15 is 0 Å². The molecule has 31 heavy (non-hydrogen) atoms. The largest absolute Gasteiger partial charge is 0.495 e. The Balaban J connectivity index is 1.60. The van der Waals surface area contributed by atoms with E-state index in [4.69, 9.17) is 16.3 Å². The molecule has 0 aromatic heterocycles. The third kappa shape index (κ3) is 6.26. The number of carbonyl (C=O) groups is 2. The summed E-state index contributed by atoms with van der Waals surface area (Å²) in [5.74, 6) is 0.374. The van der Waals surface area contributed by atoms with Crippen molar-refractivity contribution in [3.63, 3.8) is 0 Å². The van der Waals surface area contributed by atoms with Gasteiger partial charge in [0.15, 0.2) is 0 Å². The van der Waals surface area contributed by atoms with Crippen molar-refractivity contribution in [1.29, 1.82) is 0 Å². The second kappa shape index (κ2) is 10.4. The maximum atomic E-state index is 12.4. The highest BCUT2D eigenvalue weighted by atomic mass is 35.5. The highest BCUT2D eigenvalue weighted by Crippen LogP contribution is 2.31. The van der Waals surface area contributed by atoms with Gasteiger partial charge in [-0.25, -0.2) is 0 Å². The van der Waals surface area contributed by atoms with Gasteiger partial charge in [0.05, 0.1) is 18.6 Å². The van der Waals surface area contributed by atoms with Crippen LogP contribution in [-0.2, 0) is 4.79 Å². The summed E-state index contributed by atoms with van der Waals surface area (Å²) in [6.07, 6.45) is 0. The van der Waals surface area contributed by atoms with Crippen molar-refractivity contribution in [3.05, 3.63) is 82.4 Å². The third-order valence-corrected chi connectivity index (χ3v) is 5.93. The predicted octanol–water partition coefficient (Wildman–Crippen LogP) is 5.95. The summed E-state index contributed by atoms with van der Waals surface area (Å²) in [7, 11) is 1.53. The summed E-state index contributed by atoms with van der Waals surface area (Å²) >= 11 is 7.49. The van der Waals surface area contributed by atoms with Crippen LogP contribution < -0.4 is 15.4 Å². The van der Waals surface area contributed by atoms with Gasteiger partial charge in [-0.05, 0) is 55.8 Å². The number of amides is 2. The summed E-state index contributed by atoms with van der Waals surface area (Å²) in [5.41, 5.74) is 3.79. The van der Waals surface area contributed by atoms with Crippen molar-refractivity contribution in [2.45, 2.75) is 18.7 Å². The van der Waals surface area contributed by atoms with E-state index in [1.165, 1.54) is 18.9 Å². The van der Waals surface area contributed by atoms with Crippen LogP contribution in [0.3, 0.4) is 0 Å². The zero-order valence-electron chi connectivity index (χ0n) is 17.5. The first-order valence-electron chi connectivity index (χ1n) is 9.60. The lowest BCUT2D eigenvalue weighted by molar-refractivity contribution is -0.113. The number of rotatable bonds is 7. The van der Waals surface area contributed by atoms with Gasteiger partial charge in [-0.3, -0.25) is 9.59 Å². The molecule has 2 N–H and O–H groups in total. The lowest BCUT2D eigenvalue weighted by Gasteiger charge is -2.12. The van der Waals surface area contributed by atoms with Crippen LogP contribution in [0.4, 0.5) is 11.4 Å². The van der Waals surface area contributed by atoms with Crippen molar-refractivity contribution in [3.8, 4) is 5.75 Å². The fraction of sp³-hybridized carbons (Fsp3) is 0.167. The minimum Gasteiger partial charge on any atom is -0.495 e. The highest BCUT2D eigenvalue weighted by molar-refractivity contribution is 8.00. The molecule has 0 aliphatic rings. The van der Waals surface area contributed by atoms with Gasteiger partial charge in [0, 0.05) is 27.2 Å². The molecule has 3 rings (SSSR count). The lowest BCUT2D eigenvalue weighted by Crippen LogP contribution is -2.15. The molecular weight excluding hydrogens is 432 g/mol. The van der Waals surface area contributed by atoms with E-state index < -0.39 is 0 Å². The van der Waals surface area contributed by atoms with Crippen LogP contribution in [0.1, 0.15) is 21.5 Å². The summed E-state index contributed by atoms with van der Waals surface area (Å²) in [6, 6.07) is 18.2. The van der Waals surface area contributed by atoms with Gasteiger partial charge in [-0.1, -0.05) is 35.4 Å². The minimum atomic E-state index is -0.176. The fourth-order valence-corrected chi connectivity index (χ4v) is 3.75. The van der Waals surface area contributed by atoms with E-state index in [-0.39, 0.29) is 17.6 Å². The Bertz CT molecular complexity index is 1100. The quantitative estimate of drug-likeness (QED) is 0.433. The van der Waals surface area contributed by atoms with Crippen molar-refractivity contribution in [2.75, 3.05) is 23.5 Å². The van der Waals surface area contributed by atoms with Crippen LogP contribution in [0.2, 0.25) is 5.02 Å². The van der Waals surface area contributed by atoms with Crippen molar-refractivity contribution in [1.82, 2.24) is 0 Å². The molecule has 0 bridgehead atoms. The van der Waals surface area contributed by atoms with E-state index in [9.17, 15) is 9.59 Å². The maximum Gasteiger partial charge on any atom is 0.255 e. The number of ether oxygens (including phenoxy) is 1. The van der Waals surface area contributed by atoms with Crippen LogP contribution in [0.5, 0.6) is 5.75 Å². The van der Waals surface area contributed by atoms with Gasteiger partial charge in [0.2, 0.25) is 5.91 Å². The molecule has 0 aliphatic heterocycles. The van der Waals surface area contributed by atoms with Gasteiger partial charge in [0.1, 0.15) is 5.75 Å². The average Bonchev–Trinajstić information content (AvgIpc) is 2.75. The topological polar surface area (TPSA) is 67.4 Å². The Labute approximate surface area is 191 Å². The number of anilines is 2. The van der Waals surface area contributed by atoms with Crippen molar-refractivity contribution >= 4 is 46.6 Å². The molecule has 0 unspecified atom stereocenters. The molecule has 3 aromatic carbocycles. The van der Waals surface area contributed by atoms with E-state index in [1.807, 2.05) is 50.2 Å². The van der Waals surface area contributed by atoms with E-state index in [2.05, 4.69) is 10.6 Å². The first-order chi connectivity index (χ1) is 14.9. The molecule has 160 valence electrons. The Morgan fingerprint density at radius 3 is 2.45 bits per heavy atom. The molecule has 7 heteroatoms. The van der Waals surface area contributed by atoms with E-state index in [1.54, 1.807) is 24.3 Å². The van der Waals surface area contributed by atoms with Crippen molar-refractivity contribution in [2.24, 2.45) is 0 Å². The fourth-order valence-electron chi connectivity index (χ4n) is 2.84. The number of nitrogens with one attached hydrogen (secondary N) is 2. The molecule has 5 nitrogen and oxygen atoms in total. The van der Waals surface area contributed by atoms with E-state index in [0.717, 1.165) is 16.0 Å². The standard InChI is InChI=1S/C24H23ClN2O3S/c1-15-7-9-17(10-8-15)24(29)26-18-5-4-6-19(12-18)31-14-23(28)27-21-11-16(2)20(25)13-22(21)30-3/h4-13H,14H2,1-3H3,(H,26,29)(H,27,28). The number of hydrogen-bond acceptors (Lipinski definition) is 4. The summed E-state index contributed by atoms with van der Waals surface area (Å²) in [5, 5.41) is 6.33. The first-order valence-corrected chi connectivity index (χ1v) is 11.0. The van der Waals surface area contributed by atoms with Crippen LogP contribution in [-0.4, -0.2) is 24.7 Å². The highest BCUT2D eigenvalue weighted by Gasteiger charge is 2.11. The Kier molecular flexibility index (Phi) is 7.60. The maximum absolute atomic E-state index is 12.4. The second-order valence-corrected chi connectivity index (χ2v) is 8.44. The second-order valence-electron chi connectivity index (χ2n) is 6.99. The predicted molar refractivity (Wildman–Crippen MR) is 128 cm³/mol. The van der Waals surface area contributed by atoms with Crippen LogP contribution in [0.25, 0.3) is 0 Å². The Morgan fingerprint density at radius 1 is 1.00 bits per heavy atom. The third-order valence-electron chi connectivity index (χ3n) is 4.53.